The van der Waals surface area contributed by atoms with E-state index in [4.69, 9.17) is 9.47 Å². The molecule has 0 rings (SSSR count). The van der Waals surface area contributed by atoms with Crippen LogP contribution >= 0.6 is 0 Å². The summed E-state index contributed by atoms with van der Waals surface area (Å²) >= 11 is 0. The summed E-state index contributed by atoms with van der Waals surface area (Å²) in [6.45, 7) is 9.66. The lowest BCUT2D eigenvalue weighted by Gasteiger charge is -2.28. The van der Waals surface area contributed by atoms with Gasteiger partial charge in [-0.25, -0.2) is 0 Å². The number of carbonyl (C=O) groups is 1. The smallest absolute Gasteiger partial charge is 0.325 e. The van der Waals surface area contributed by atoms with Crippen molar-refractivity contribution in [2.45, 2.75) is 65.0 Å². The first-order valence-corrected chi connectivity index (χ1v) is 6.95. The summed E-state index contributed by atoms with van der Waals surface area (Å²) in [5.74, 6) is -0.195. The van der Waals surface area contributed by atoms with Gasteiger partial charge in [0.05, 0.1) is 13.2 Å². The Hall–Kier alpha value is -0.610. The molecule has 0 aliphatic rings. The minimum Gasteiger partial charge on any atom is -0.468 e. The fraction of sp³-hybridized carbons (Fsp3) is 0.929. The van der Waals surface area contributed by atoms with E-state index in [1.807, 2.05) is 6.92 Å². The van der Waals surface area contributed by atoms with E-state index < -0.39 is 5.54 Å². The molecule has 0 fully saturated rings. The third-order valence-corrected chi connectivity index (χ3v) is 3.20. The number of hydrogen-bond acceptors (Lipinski definition) is 4. The van der Waals surface area contributed by atoms with Crippen LogP contribution < -0.4 is 5.32 Å². The van der Waals surface area contributed by atoms with Crippen LogP contribution in [0.3, 0.4) is 0 Å². The van der Waals surface area contributed by atoms with Crippen molar-refractivity contribution in [3.8, 4) is 0 Å². The first-order valence-electron chi connectivity index (χ1n) is 6.95. The van der Waals surface area contributed by atoms with Gasteiger partial charge in [-0.2, -0.15) is 0 Å². The number of esters is 1. The highest BCUT2D eigenvalue weighted by molar-refractivity contribution is 5.80. The maximum absolute atomic E-state index is 11.8. The summed E-state index contributed by atoms with van der Waals surface area (Å²) in [7, 11) is 1.43. The van der Waals surface area contributed by atoms with E-state index in [1.54, 1.807) is 0 Å². The summed E-state index contributed by atoms with van der Waals surface area (Å²) in [5.41, 5.74) is -0.594. The lowest BCUT2D eigenvalue weighted by atomic mass is 9.96. The van der Waals surface area contributed by atoms with Gasteiger partial charge >= 0.3 is 5.97 Å². The first-order chi connectivity index (χ1) is 8.50. The average Bonchev–Trinajstić information content (AvgIpc) is 2.39. The van der Waals surface area contributed by atoms with Gasteiger partial charge in [0.15, 0.2) is 0 Å². The Kier molecular flexibility index (Phi) is 9.02. The molecule has 0 aliphatic heterocycles. The van der Waals surface area contributed by atoms with Crippen LogP contribution in [0.15, 0.2) is 0 Å². The van der Waals surface area contributed by atoms with Gasteiger partial charge in [0.25, 0.3) is 0 Å². The molecule has 0 bridgehead atoms. The highest BCUT2D eigenvalue weighted by Crippen LogP contribution is 2.15. The number of methoxy groups -OCH3 is 1. The van der Waals surface area contributed by atoms with Gasteiger partial charge in [-0.1, -0.05) is 13.8 Å². The predicted molar refractivity (Wildman–Crippen MR) is 73.7 cm³/mol. The zero-order valence-electron chi connectivity index (χ0n) is 12.5. The van der Waals surface area contributed by atoms with Gasteiger partial charge in [0.2, 0.25) is 0 Å². The maximum atomic E-state index is 11.8. The van der Waals surface area contributed by atoms with Crippen LogP contribution in [-0.2, 0) is 14.3 Å². The largest absolute Gasteiger partial charge is 0.468 e. The maximum Gasteiger partial charge on any atom is 0.325 e. The SMILES string of the molecule is CCCNC(C)(CCCOC(C)CC)C(=O)OC. The third kappa shape index (κ3) is 6.36. The number of ether oxygens (including phenoxy) is 2. The minimum absolute atomic E-state index is 0.195. The van der Waals surface area contributed by atoms with Gasteiger partial charge < -0.3 is 14.8 Å². The Morgan fingerprint density at radius 3 is 2.56 bits per heavy atom. The molecule has 2 unspecified atom stereocenters. The minimum atomic E-state index is -0.594. The second-order valence-electron chi connectivity index (χ2n) is 4.94. The lowest BCUT2D eigenvalue weighted by Crippen LogP contribution is -2.50. The molecule has 2 atom stereocenters. The molecular formula is C14H29NO3. The molecule has 0 aliphatic carbocycles. The molecule has 108 valence electrons. The zero-order chi connectivity index (χ0) is 14.0. The average molecular weight is 259 g/mol. The number of carbonyl (C=O) groups excluding carboxylic acids is 1. The Balaban J connectivity index is 4.12. The van der Waals surface area contributed by atoms with Crippen molar-refractivity contribution in [1.82, 2.24) is 5.32 Å². The molecule has 4 heteroatoms. The van der Waals surface area contributed by atoms with Crippen molar-refractivity contribution in [1.29, 1.82) is 0 Å². The molecule has 18 heavy (non-hydrogen) atoms. The molecule has 0 heterocycles. The monoisotopic (exact) mass is 259 g/mol. The van der Waals surface area contributed by atoms with Crippen LogP contribution in [0.4, 0.5) is 0 Å². The molecule has 0 spiro atoms. The predicted octanol–water partition coefficient (Wildman–Crippen LogP) is 2.51. The summed E-state index contributed by atoms with van der Waals surface area (Å²) in [6, 6.07) is 0. The number of rotatable bonds is 10. The summed E-state index contributed by atoms with van der Waals surface area (Å²) < 4.78 is 10.5. The highest BCUT2D eigenvalue weighted by atomic mass is 16.5. The molecular weight excluding hydrogens is 230 g/mol. The van der Waals surface area contributed by atoms with Crippen molar-refractivity contribution in [3.05, 3.63) is 0 Å². The Morgan fingerprint density at radius 2 is 2.06 bits per heavy atom. The van der Waals surface area contributed by atoms with Crippen molar-refractivity contribution in [2.24, 2.45) is 0 Å². The standard InChI is InChI=1S/C14H29NO3/c1-6-10-15-14(4,13(16)17-5)9-8-11-18-12(3)7-2/h12,15H,6-11H2,1-5H3. The number of hydrogen-bond donors (Lipinski definition) is 1. The number of nitrogens with one attached hydrogen (secondary N) is 1. The van der Waals surface area contributed by atoms with Gasteiger partial charge in [-0.15, -0.1) is 0 Å². The molecule has 0 amide bonds. The molecule has 1 N–H and O–H groups in total. The second-order valence-corrected chi connectivity index (χ2v) is 4.94. The van der Waals surface area contributed by atoms with Crippen LogP contribution in [0.1, 0.15) is 53.4 Å². The van der Waals surface area contributed by atoms with Crippen LogP contribution in [0.25, 0.3) is 0 Å². The van der Waals surface area contributed by atoms with Crippen LogP contribution in [0.2, 0.25) is 0 Å². The van der Waals surface area contributed by atoms with Crippen LogP contribution in [-0.4, -0.2) is 37.9 Å². The lowest BCUT2D eigenvalue weighted by molar-refractivity contribution is -0.148. The van der Waals surface area contributed by atoms with Crippen molar-refractivity contribution in [3.63, 3.8) is 0 Å². The zero-order valence-corrected chi connectivity index (χ0v) is 12.5. The van der Waals surface area contributed by atoms with Gasteiger partial charge in [0.1, 0.15) is 5.54 Å². The quantitative estimate of drug-likeness (QED) is 0.484. The molecule has 0 aromatic rings. The van der Waals surface area contributed by atoms with Crippen LogP contribution in [0, 0.1) is 0 Å². The van der Waals surface area contributed by atoms with Crippen molar-refractivity contribution >= 4 is 5.97 Å². The van der Waals surface area contributed by atoms with Gasteiger partial charge in [0, 0.05) is 6.61 Å². The van der Waals surface area contributed by atoms with Crippen molar-refractivity contribution < 1.29 is 14.3 Å². The molecule has 0 aromatic carbocycles. The van der Waals surface area contributed by atoms with E-state index in [-0.39, 0.29) is 12.1 Å². The Labute approximate surface area is 111 Å². The Morgan fingerprint density at radius 1 is 1.39 bits per heavy atom. The fourth-order valence-electron chi connectivity index (χ4n) is 1.72. The van der Waals surface area contributed by atoms with E-state index >= 15 is 0 Å². The molecule has 4 nitrogen and oxygen atoms in total. The highest BCUT2D eigenvalue weighted by Gasteiger charge is 2.32. The molecule has 0 aromatic heterocycles. The first kappa shape index (κ1) is 17.4. The topological polar surface area (TPSA) is 47.6 Å². The molecule has 0 radical (unpaired) electrons. The van der Waals surface area contributed by atoms with E-state index in [2.05, 4.69) is 26.1 Å². The summed E-state index contributed by atoms with van der Waals surface area (Å²) in [5, 5.41) is 3.27. The molecule has 0 saturated carbocycles. The van der Waals surface area contributed by atoms with Gasteiger partial charge in [-0.05, 0) is 46.1 Å². The van der Waals surface area contributed by atoms with Crippen LogP contribution in [0.5, 0.6) is 0 Å². The second kappa shape index (κ2) is 9.34. The van der Waals surface area contributed by atoms with E-state index in [0.29, 0.717) is 6.61 Å². The van der Waals surface area contributed by atoms with Crippen molar-refractivity contribution in [2.75, 3.05) is 20.3 Å². The van der Waals surface area contributed by atoms with Gasteiger partial charge in [-0.3, -0.25) is 4.79 Å². The van der Waals surface area contributed by atoms with E-state index in [9.17, 15) is 4.79 Å². The van der Waals surface area contributed by atoms with E-state index in [0.717, 1.165) is 32.2 Å². The summed E-state index contributed by atoms with van der Waals surface area (Å²) in [4.78, 5) is 11.8. The summed E-state index contributed by atoms with van der Waals surface area (Å²) in [6.07, 6.45) is 3.89. The fourth-order valence-corrected chi connectivity index (χ4v) is 1.72. The normalized spacial score (nSPS) is 16.1. The molecule has 0 saturated heterocycles. The Bertz CT molecular complexity index is 233. The van der Waals surface area contributed by atoms with E-state index in [1.165, 1.54) is 7.11 Å². The third-order valence-electron chi connectivity index (χ3n) is 3.20.